The van der Waals surface area contributed by atoms with Gasteiger partial charge in [-0.2, -0.15) is 0 Å². The summed E-state index contributed by atoms with van der Waals surface area (Å²) in [6.07, 6.45) is 6.25. The molecule has 0 heterocycles. The van der Waals surface area contributed by atoms with Gasteiger partial charge in [-0.05, 0) is 6.92 Å². The minimum absolute atomic E-state index is 0.541. The van der Waals surface area contributed by atoms with Crippen molar-refractivity contribution in [3.8, 4) is 0 Å². The van der Waals surface area contributed by atoms with Gasteiger partial charge in [-0.25, -0.2) is 4.79 Å². The van der Waals surface area contributed by atoms with Crippen LogP contribution in [-0.4, -0.2) is 17.9 Å². The number of hydrogen-bond donors (Lipinski definition) is 1. The molecule has 1 N–H and O–H groups in total. The van der Waals surface area contributed by atoms with Crippen molar-refractivity contribution in [2.24, 2.45) is 0 Å². The number of aliphatic hydroxyl groups is 1. The Labute approximate surface area is 59.6 Å². The average Bonchev–Trinajstić information content (AvgIpc) is 1.89. The summed E-state index contributed by atoms with van der Waals surface area (Å²) in [5, 5.41) is 8.10. The third-order valence-electron chi connectivity index (χ3n) is 0.743. The predicted molar refractivity (Wildman–Crippen MR) is 37.1 cm³/mol. The van der Waals surface area contributed by atoms with Gasteiger partial charge in [0.15, 0.2) is 6.79 Å². The predicted octanol–water partition coefficient (Wildman–Crippen LogP) is 0.612. The minimum atomic E-state index is -0.570. The molecule has 0 unspecified atom stereocenters. The molecule has 0 rings (SSSR count). The van der Waals surface area contributed by atoms with Crippen LogP contribution in [0.25, 0.3) is 0 Å². The molecular formula is C7H10O3. The zero-order valence-electron chi connectivity index (χ0n) is 5.78. The van der Waals surface area contributed by atoms with Crippen LogP contribution < -0.4 is 0 Å². The van der Waals surface area contributed by atoms with Crippen LogP contribution in [0.1, 0.15) is 6.92 Å². The van der Waals surface area contributed by atoms with Gasteiger partial charge in [0, 0.05) is 6.08 Å². The van der Waals surface area contributed by atoms with Crippen molar-refractivity contribution < 1.29 is 14.6 Å². The number of hydrogen-bond acceptors (Lipinski definition) is 3. The van der Waals surface area contributed by atoms with Gasteiger partial charge in [0.25, 0.3) is 0 Å². The molecule has 0 bridgehead atoms. The highest BCUT2D eigenvalue weighted by Crippen LogP contribution is 1.80. The first kappa shape index (κ1) is 8.91. The van der Waals surface area contributed by atoms with Crippen LogP contribution in [0.2, 0.25) is 0 Å². The molecule has 0 spiro atoms. The molecule has 3 nitrogen and oxygen atoms in total. The van der Waals surface area contributed by atoms with E-state index in [2.05, 4.69) is 4.74 Å². The number of carbonyl (C=O) groups is 1. The molecule has 0 saturated carbocycles. The second kappa shape index (κ2) is 6.04. The highest BCUT2D eigenvalue weighted by molar-refractivity contribution is 5.82. The zero-order valence-corrected chi connectivity index (χ0v) is 5.78. The second-order valence-corrected chi connectivity index (χ2v) is 1.48. The number of esters is 1. The van der Waals surface area contributed by atoms with E-state index in [1.54, 1.807) is 12.2 Å². The molecular weight excluding hydrogens is 132 g/mol. The van der Waals surface area contributed by atoms with E-state index in [0.717, 1.165) is 0 Å². The summed E-state index contributed by atoms with van der Waals surface area (Å²) in [5.74, 6) is -0.541. The molecule has 0 aliphatic rings. The molecule has 10 heavy (non-hydrogen) atoms. The zero-order chi connectivity index (χ0) is 7.82. The summed E-state index contributed by atoms with van der Waals surface area (Å²) in [6.45, 7) is 1.26. The van der Waals surface area contributed by atoms with E-state index < -0.39 is 12.8 Å². The van der Waals surface area contributed by atoms with Gasteiger partial charge >= 0.3 is 5.97 Å². The lowest BCUT2D eigenvalue weighted by Gasteiger charge is -1.91. The second-order valence-electron chi connectivity index (χ2n) is 1.48. The molecule has 0 aromatic rings. The standard InChI is InChI=1S/C7H10O3/c1-2-3-4-5-7(9)10-6-8/h2-5,8H,6H2,1H3. The van der Waals surface area contributed by atoms with Crippen LogP contribution in [0.5, 0.6) is 0 Å². The van der Waals surface area contributed by atoms with E-state index >= 15 is 0 Å². The Kier molecular flexibility index (Phi) is 5.38. The molecule has 0 aliphatic carbocycles. The van der Waals surface area contributed by atoms with Gasteiger partial charge in [0.1, 0.15) is 0 Å². The Hall–Kier alpha value is -1.09. The summed E-state index contributed by atoms with van der Waals surface area (Å²) in [5.41, 5.74) is 0. The van der Waals surface area contributed by atoms with Crippen LogP contribution in [0.15, 0.2) is 24.3 Å². The van der Waals surface area contributed by atoms with Gasteiger partial charge in [0.05, 0.1) is 0 Å². The Morgan fingerprint density at radius 1 is 1.60 bits per heavy atom. The van der Waals surface area contributed by atoms with Crippen LogP contribution >= 0.6 is 0 Å². The number of carbonyl (C=O) groups excluding carboxylic acids is 1. The molecule has 0 amide bonds. The van der Waals surface area contributed by atoms with Crippen molar-refractivity contribution >= 4 is 5.97 Å². The van der Waals surface area contributed by atoms with E-state index in [4.69, 9.17) is 5.11 Å². The third kappa shape index (κ3) is 5.05. The molecule has 0 aromatic heterocycles. The van der Waals surface area contributed by atoms with E-state index in [1.807, 2.05) is 6.92 Å². The number of rotatable bonds is 3. The van der Waals surface area contributed by atoms with E-state index in [0.29, 0.717) is 0 Å². The lowest BCUT2D eigenvalue weighted by atomic mass is 10.4. The maximum atomic E-state index is 10.4. The minimum Gasteiger partial charge on any atom is -0.436 e. The fourth-order valence-corrected chi connectivity index (χ4v) is 0.357. The fourth-order valence-electron chi connectivity index (χ4n) is 0.357. The molecule has 0 radical (unpaired) electrons. The van der Waals surface area contributed by atoms with Crippen molar-refractivity contribution in [2.75, 3.05) is 6.79 Å². The maximum absolute atomic E-state index is 10.4. The highest BCUT2D eigenvalue weighted by atomic mass is 16.6. The summed E-state index contributed by atoms with van der Waals surface area (Å²) in [6, 6.07) is 0. The van der Waals surface area contributed by atoms with Crippen molar-refractivity contribution in [3.05, 3.63) is 24.3 Å². The van der Waals surface area contributed by atoms with Crippen molar-refractivity contribution in [1.29, 1.82) is 0 Å². The molecule has 0 aliphatic heterocycles. The Bertz CT molecular complexity index is 147. The van der Waals surface area contributed by atoms with Gasteiger partial charge < -0.3 is 9.84 Å². The van der Waals surface area contributed by atoms with Crippen molar-refractivity contribution in [1.82, 2.24) is 0 Å². The van der Waals surface area contributed by atoms with Gasteiger partial charge in [-0.15, -0.1) is 0 Å². The maximum Gasteiger partial charge on any atom is 0.332 e. The normalized spacial score (nSPS) is 11.0. The van der Waals surface area contributed by atoms with Crippen LogP contribution in [0, 0.1) is 0 Å². The van der Waals surface area contributed by atoms with E-state index in [-0.39, 0.29) is 0 Å². The SMILES string of the molecule is CC=CC=CC(=O)OCO. The molecule has 0 atom stereocenters. The molecule has 0 fully saturated rings. The molecule has 0 aromatic carbocycles. The molecule has 56 valence electrons. The number of aliphatic hydroxyl groups excluding tert-OH is 1. The van der Waals surface area contributed by atoms with Crippen LogP contribution in [0.4, 0.5) is 0 Å². The first-order valence-electron chi connectivity index (χ1n) is 2.88. The van der Waals surface area contributed by atoms with E-state index in [1.165, 1.54) is 12.2 Å². The summed E-state index contributed by atoms with van der Waals surface area (Å²) in [4.78, 5) is 10.4. The third-order valence-corrected chi connectivity index (χ3v) is 0.743. The highest BCUT2D eigenvalue weighted by Gasteiger charge is 1.89. The Morgan fingerprint density at radius 3 is 2.80 bits per heavy atom. The monoisotopic (exact) mass is 142 g/mol. The lowest BCUT2D eigenvalue weighted by molar-refractivity contribution is -0.145. The molecule has 0 saturated heterocycles. The fraction of sp³-hybridized carbons (Fsp3) is 0.286. The average molecular weight is 142 g/mol. The first-order chi connectivity index (χ1) is 4.81. The summed E-state index contributed by atoms with van der Waals surface area (Å²) in [7, 11) is 0. The van der Waals surface area contributed by atoms with Crippen molar-refractivity contribution in [2.45, 2.75) is 6.92 Å². The van der Waals surface area contributed by atoms with Crippen LogP contribution in [0.3, 0.4) is 0 Å². The van der Waals surface area contributed by atoms with Gasteiger partial charge in [0.2, 0.25) is 0 Å². The van der Waals surface area contributed by atoms with E-state index in [9.17, 15) is 4.79 Å². The number of ether oxygens (including phenoxy) is 1. The number of allylic oxidation sites excluding steroid dienone is 3. The Morgan fingerprint density at radius 2 is 2.30 bits per heavy atom. The largest absolute Gasteiger partial charge is 0.436 e. The van der Waals surface area contributed by atoms with Crippen LogP contribution in [-0.2, 0) is 9.53 Å². The lowest BCUT2D eigenvalue weighted by Crippen LogP contribution is -2.00. The first-order valence-corrected chi connectivity index (χ1v) is 2.88. The summed E-state index contributed by atoms with van der Waals surface area (Å²) >= 11 is 0. The van der Waals surface area contributed by atoms with Gasteiger partial charge in [-0.3, -0.25) is 0 Å². The summed E-state index contributed by atoms with van der Waals surface area (Å²) < 4.78 is 4.18. The van der Waals surface area contributed by atoms with Crippen molar-refractivity contribution in [3.63, 3.8) is 0 Å². The quantitative estimate of drug-likeness (QED) is 0.272. The molecule has 3 heteroatoms. The van der Waals surface area contributed by atoms with Gasteiger partial charge in [-0.1, -0.05) is 18.2 Å². The topological polar surface area (TPSA) is 46.5 Å². The smallest absolute Gasteiger partial charge is 0.332 e. The Balaban J connectivity index is 3.56.